The fourth-order valence-electron chi connectivity index (χ4n) is 1.29. The third-order valence-corrected chi connectivity index (χ3v) is 3.12. The number of rotatable bonds is 3. The Labute approximate surface area is 101 Å². The van der Waals surface area contributed by atoms with Gasteiger partial charge in [0, 0.05) is 21.4 Å². The van der Waals surface area contributed by atoms with Gasteiger partial charge in [-0.25, -0.2) is 0 Å². The van der Waals surface area contributed by atoms with Gasteiger partial charge in [0.2, 0.25) is 0 Å². The molecule has 0 aliphatic heterocycles. The van der Waals surface area contributed by atoms with Gasteiger partial charge in [-0.15, -0.1) is 11.8 Å². The van der Waals surface area contributed by atoms with E-state index in [1.807, 2.05) is 6.07 Å². The maximum Gasteiger partial charge on any atom is 0.162 e. The van der Waals surface area contributed by atoms with Crippen LogP contribution in [0.15, 0.2) is 17.0 Å². The Hall–Kier alpha value is -1.03. The van der Waals surface area contributed by atoms with Crippen LogP contribution in [-0.2, 0) is 0 Å². The number of hydrogen-bond acceptors (Lipinski definition) is 4. The third kappa shape index (κ3) is 3.23. The number of hydrogen-bond donors (Lipinski definition) is 1. The van der Waals surface area contributed by atoms with Crippen molar-refractivity contribution in [2.24, 2.45) is 0 Å². The van der Waals surface area contributed by atoms with E-state index in [0.717, 1.165) is 10.6 Å². The first-order valence-corrected chi connectivity index (χ1v) is 5.89. The molecule has 0 spiro atoms. The standard InChI is InChI=1S/C12H19NO2S/c1-12(2,3)16-11-7-10(15-5)9(14-4)6-8(11)13/h6-7H,13H2,1-5H3. The van der Waals surface area contributed by atoms with Crippen molar-refractivity contribution in [3.8, 4) is 11.5 Å². The lowest BCUT2D eigenvalue weighted by molar-refractivity contribution is 0.354. The fraction of sp³-hybridized carbons (Fsp3) is 0.500. The number of methoxy groups -OCH3 is 2. The normalized spacial score (nSPS) is 11.3. The molecule has 1 aromatic carbocycles. The van der Waals surface area contributed by atoms with Crippen LogP contribution >= 0.6 is 11.8 Å². The molecule has 0 aliphatic rings. The number of nitrogens with two attached hydrogens (primary N) is 1. The van der Waals surface area contributed by atoms with Crippen molar-refractivity contribution in [3.63, 3.8) is 0 Å². The Morgan fingerprint density at radius 3 is 2.00 bits per heavy atom. The maximum absolute atomic E-state index is 5.97. The summed E-state index contributed by atoms with van der Waals surface area (Å²) >= 11 is 1.72. The molecule has 4 heteroatoms. The van der Waals surface area contributed by atoms with Crippen molar-refractivity contribution in [2.45, 2.75) is 30.4 Å². The Balaban J connectivity index is 3.11. The minimum absolute atomic E-state index is 0.119. The molecular weight excluding hydrogens is 222 g/mol. The highest BCUT2D eigenvalue weighted by Gasteiger charge is 2.16. The molecule has 0 unspecified atom stereocenters. The second kappa shape index (κ2) is 4.87. The second-order valence-electron chi connectivity index (χ2n) is 4.46. The van der Waals surface area contributed by atoms with Crippen LogP contribution in [0.1, 0.15) is 20.8 Å². The summed E-state index contributed by atoms with van der Waals surface area (Å²) in [5.74, 6) is 1.38. The van der Waals surface area contributed by atoms with Gasteiger partial charge in [0.05, 0.1) is 14.2 Å². The molecular formula is C12H19NO2S. The van der Waals surface area contributed by atoms with Gasteiger partial charge in [0.15, 0.2) is 11.5 Å². The highest BCUT2D eigenvalue weighted by atomic mass is 32.2. The van der Waals surface area contributed by atoms with Crippen molar-refractivity contribution in [1.82, 2.24) is 0 Å². The third-order valence-electron chi connectivity index (χ3n) is 1.93. The van der Waals surface area contributed by atoms with Crippen molar-refractivity contribution in [1.29, 1.82) is 0 Å². The predicted molar refractivity (Wildman–Crippen MR) is 69.6 cm³/mol. The molecule has 0 aromatic heterocycles. The Kier molecular flexibility index (Phi) is 3.97. The topological polar surface area (TPSA) is 44.5 Å². The molecule has 0 saturated heterocycles. The van der Waals surface area contributed by atoms with Gasteiger partial charge in [-0.2, -0.15) is 0 Å². The number of thioether (sulfide) groups is 1. The van der Waals surface area contributed by atoms with E-state index in [1.165, 1.54) is 0 Å². The van der Waals surface area contributed by atoms with E-state index in [2.05, 4.69) is 20.8 Å². The summed E-state index contributed by atoms with van der Waals surface area (Å²) in [4.78, 5) is 1.02. The van der Waals surface area contributed by atoms with Gasteiger partial charge in [0.1, 0.15) is 0 Å². The van der Waals surface area contributed by atoms with Crippen molar-refractivity contribution in [2.75, 3.05) is 20.0 Å². The highest BCUT2D eigenvalue weighted by Crippen LogP contribution is 2.41. The molecule has 0 saturated carbocycles. The summed E-state index contributed by atoms with van der Waals surface area (Å²) in [5.41, 5.74) is 6.69. The van der Waals surface area contributed by atoms with E-state index in [9.17, 15) is 0 Å². The largest absolute Gasteiger partial charge is 0.493 e. The lowest BCUT2D eigenvalue weighted by Crippen LogP contribution is -2.08. The molecule has 0 radical (unpaired) electrons. The Bertz CT molecular complexity index is 372. The van der Waals surface area contributed by atoms with Gasteiger partial charge in [-0.1, -0.05) is 20.8 Å². The van der Waals surface area contributed by atoms with Gasteiger partial charge in [-0.05, 0) is 6.07 Å². The summed E-state index contributed by atoms with van der Waals surface area (Å²) < 4.78 is 10.6. The molecule has 0 bridgehead atoms. The van der Waals surface area contributed by atoms with Gasteiger partial charge < -0.3 is 15.2 Å². The van der Waals surface area contributed by atoms with Crippen LogP contribution in [0.5, 0.6) is 11.5 Å². The van der Waals surface area contributed by atoms with Crippen LogP contribution in [0, 0.1) is 0 Å². The summed E-state index contributed by atoms with van der Waals surface area (Å²) in [7, 11) is 3.23. The van der Waals surface area contributed by atoms with Gasteiger partial charge >= 0.3 is 0 Å². The number of nitrogen functional groups attached to an aromatic ring is 1. The predicted octanol–water partition coefficient (Wildman–Crippen LogP) is 3.18. The number of anilines is 1. The molecule has 1 aromatic rings. The van der Waals surface area contributed by atoms with E-state index in [4.69, 9.17) is 15.2 Å². The number of benzene rings is 1. The molecule has 0 amide bonds. The molecule has 2 N–H and O–H groups in total. The monoisotopic (exact) mass is 241 g/mol. The summed E-state index contributed by atoms with van der Waals surface area (Å²) in [6.07, 6.45) is 0. The molecule has 0 fully saturated rings. The lowest BCUT2D eigenvalue weighted by atomic mass is 10.2. The molecule has 16 heavy (non-hydrogen) atoms. The molecule has 3 nitrogen and oxygen atoms in total. The minimum Gasteiger partial charge on any atom is -0.493 e. The molecule has 0 atom stereocenters. The Morgan fingerprint density at radius 2 is 1.56 bits per heavy atom. The zero-order valence-corrected chi connectivity index (χ0v) is 11.3. The van der Waals surface area contributed by atoms with E-state index < -0.39 is 0 Å². The molecule has 90 valence electrons. The zero-order chi connectivity index (χ0) is 12.3. The van der Waals surface area contributed by atoms with E-state index in [0.29, 0.717) is 11.5 Å². The summed E-state index contributed by atoms with van der Waals surface area (Å²) in [5, 5.41) is 0. The molecule has 0 heterocycles. The van der Waals surface area contributed by atoms with Crippen molar-refractivity contribution < 1.29 is 9.47 Å². The maximum atomic E-state index is 5.97. The van der Waals surface area contributed by atoms with Crippen LogP contribution in [0.25, 0.3) is 0 Å². The fourth-order valence-corrected chi connectivity index (χ4v) is 2.30. The van der Waals surface area contributed by atoms with Crippen LogP contribution < -0.4 is 15.2 Å². The zero-order valence-electron chi connectivity index (χ0n) is 10.5. The SMILES string of the molecule is COc1cc(N)c(SC(C)(C)C)cc1OC. The van der Waals surface area contributed by atoms with E-state index >= 15 is 0 Å². The Morgan fingerprint density at radius 1 is 1.06 bits per heavy atom. The minimum atomic E-state index is 0.119. The first-order valence-electron chi connectivity index (χ1n) is 5.08. The average molecular weight is 241 g/mol. The van der Waals surface area contributed by atoms with Crippen molar-refractivity contribution >= 4 is 17.4 Å². The van der Waals surface area contributed by atoms with Crippen LogP contribution in [0.3, 0.4) is 0 Å². The lowest BCUT2D eigenvalue weighted by Gasteiger charge is -2.20. The second-order valence-corrected chi connectivity index (χ2v) is 6.33. The smallest absolute Gasteiger partial charge is 0.162 e. The first kappa shape index (κ1) is 13.0. The van der Waals surface area contributed by atoms with Crippen LogP contribution in [0.2, 0.25) is 0 Å². The van der Waals surface area contributed by atoms with Crippen LogP contribution in [-0.4, -0.2) is 19.0 Å². The van der Waals surface area contributed by atoms with Gasteiger partial charge in [0.25, 0.3) is 0 Å². The number of ether oxygens (including phenoxy) is 2. The molecule has 0 aliphatic carbocycles. The van der Waals surface area contributed by atoms with Crippen molar-refractivity contribution in [3.05, 3.63) is 12.1 Å². The highest BCUT2D eigenvalue weighted by molar-refractivity contribution is 8.00. The summed E-state index contributed by atoms with van der Waals surface area (Å²) in [6.45, 7) is 6.44. The van der Waals surface area contributed by atoms with E-state index in [1.54, 1.807) is 32.0 Å². The van der Waals surface area contributed by atoms with Gasteiger partial charge in [-0.3, -0.25) is 0 Å². The summed E-state index contributed by atoms with van der Waals surface area (Å²) in [6, 6.07) is 3.72. The van der Waals surface area contributed by atoms with E-state index in [-0.39, 0.29) is 4.75 Å². The average Bonchev–Trinajstić information content (AvgIpc) is 2.18. The first-order chi connectivity index (χ1) is 7.37. The van der Waals surface area contributed by atoms with Crippen LogP contribution in [0.4, 0.5) is 5.69 Å². The quantitative estimate of drug-likeness (QED) is 0.652. The molecule has 1 rings (SSSR count).